The number of carboxylic acid groups (broad SMARTS) is 1. The maximum Gasteiger partial charge on any atom is 0.304 e. The van der Waals surface area contributed by atoms with Gasteiger partial charge in [0.25, 0.3) is 0 Å². The van der Waals surface area contributed by atoms with Gasteiger partial charge in [0.05, 0.1) is 18.1 Å². The van der Waals surface area contributed by atoms with Crippen LogP contribution in [0.25, 0.3) is 0 Å². The molecule has 0 aliphatic carbocycles. The molecule has 1 rings (SSSR count). The molecule has 102 valence electrons. The van der Waals surface area contributed by atoms with Crippen LogP contribution in [0.4, 0.5) is 0 Å². The molecule has 0 aliphatic rings. The minimum Gasteiger partial charge on any atom is -0.492 e. The summed E-state index contributed by atoms with van der Waals surface area (Å²) in [6.07, 6.45) is 0.116. The summed E-state index contributed by atoms with van der Waals surface area (Å²) in [7, 11) is 0. The molecular formula is C12H17Cl2NO3. The van der Waals surface area contributed by atoms with E-state index in [1.54, 1.807) is 0 Å². The number of carbonyl (C=O) groups is 1. The van der Waals surface area contributed by atoms with E-state index in [9.17, 15) is 4.79 Å². The van der Waals surface area contributed by atoms with Gasteiger partial charge >= 0.3 is 5.97 Å². The van der Waals surface area contributed by atoms with Crippen molar-refractivity contribution in [3.8, 4) is 5.75 Å². The van der Waals surface area contributed by atoms with Crippen LogP contribution in [0, 0.1) is 0 Å². The van der Waals surface area contributed by atoms with Crippen LogP contribution in [0.5, 0.6) is 5.75 Å². The van der Waals surface area contributed by atoms with Gasteiger partial charge in [-0.1, -0.05) is 17.7 Å². The van der Waals surface area contributed by atoms with E-state index in [-0.39, 0.29) is 18.8 Å². The fraction of sp³-hybridized carbons (Fsp3) is 0.417. The molecule has 0 saturated carbocycles. The lowest BCUT2D eigenvalue weighted by Gasteiger charge is -2.08. The molecular weight excluding hydrogens is 277 g/mol. The van der Waals surface area contributed by atoms with Crippen LogP contribution in [0.15, 0.2) is 18.2 Å². The van der Waals surface area contributed by atoms with E-state index in [0.717, 1.165) is 5.56 Å². The van der Waals surface area contributed by atoms with Gasteiger partial charge < -0.3 is 15.2 Å². The first kappa shape index (κ1) is 17.0. The van der Waals surface area contributed by atoms with Gasteiger partial charge in [0.2, 0.25) is 0 Å². The predicted molar refractivity (Wildman–Crippen MR) is 73.8 cm³/mol. The van der Waals surface area contributed by atoms with Crippen LogP contribution in [0.1, 0.15) is 18.9 Å². The highest BCUT2D eigenvalue weighted by Gasteiger charge is 2.02. The molecule has 2 N–H and O–H groups in total. The molecule has 1 aromatic carbocycles. The number of hydrogen-bond donors (Lipinski definition) is 2. The van der Waals surface area contributed by atoms with E-state index in [4.69, 9.17) is 21.4 Å². The van der Waals surface area contributed by atoms with E-state index in [1.807, 2.05) is 25.1 Å². The predicted octanol–water partition coefficient (Wildman–Crippen LogP) is 2.72. The van der Waals surface area contributed by atoms with Crippen molar-refractivity contribution in [1.29, 1.82) is 0 Å². The number of aliphatic carboxylic acids is 1. The SMILES string of the molecule is CCOc1ccc(CNCCC(=O)O)cc1Cl.Cl. The van der Waals surface area contributed by atoms with Gasteiger partial charge in [0, 0.05) is 13.1 Å². The van der Waals surface area contributed by atoms with Crippen molar-refractivity contribution < 1.29 is 14.6 Å². The lowest BCUT2D eigenvalue weighted by atomic mass is 10.2. The largest absolute Gasteiger partial charge is 0.492 e. The minimum atomic E-state index is -0.803. The first-order valence-corrected chi connectivity index (χ1v) is 5.85. The molecule has 18 heavy (non-hydrogen) atoms. The van der Waals surface area contributed by atoms with Crippen molar-refractivity contribution in [2.75, 3.05) is 13.2 Å². The molecule has 0 fully saturated rings. The first-order chi connectivity index (χ1) is 8.13. The van der Waals surface area contributed by atoms with E-state index < -0.39 is 5.97 Å². The quantitative estimate of drug-likeness (QED) is 0.759. The minimum absolute atomic E-state index is 0. The first-order valence-electron chi connectivity index (χ1n) is 5.47. The molecule has 0 atom stereocenters. The Morgan fingerprint density at radius 3 is 2.78 bits per heavy atom. The third kappa shape index (κ3) is 6.10. The van der Waals surface area contributed by atoms with Gasteiger partial charge in [0.1, 0.15) is 5.75 Å². The number of rotatable bonds is 7. The van der Waals surface area contributed by atoms with Crippen LogP contribution < -0.4 is 10.1 Å². The highest BCUT2D eigenvalue weighted by atomic mass is 35.5. The Morgan fingerprint density at radius 1 is 1.50 bits per heavy atom. The Labute approximate surface area is 118 Å². The molecule has 4 nitrogen and oxygen atoms in total. The van der Waals surface area contributed by atoms with Crippen molar-refractivity contribution in [2.45, 2.75) is 19.9 Å². The Balaban J connectivity index is 0.00000289. The number of ether oxygens (including phenoxy) is 1. The Kier molecular flexibility index (Phi) is 8.54. The monoisotopic (exact) mass is 293 g/mol. The zero-order valence-corrected chi connectivity index (χ0v) is 11.7. The van der Waals surface area contributed by atoms with Gasteiger partial charge in [-0.25, -0.2) is 0 Å². The summed E-state index contributed by atoms with van der Waals surface area (Å²) in [6, 6.07) is 5.55. The van der Waals surface area contributed by atoms with Crippen molar-refractivity contribution in [3.05, 3.63) is 28.8 Å². The van der Waals surface area contributed by atoms with E-state index in [2.05, 4.69) is 5.32 Å². The number of carboxylic acids is 1. The topological polar surface area (TPSA) is 58.6 Å². The van der Waals surface area contributed by atoms with Crippen LogP contribution >= 0.6 is 24.0 Å². The maximum atomic E-state index is 10.3. The second kappa shape index (κ2) is 9.03. The standard InChI is InChI=1S/C12H16ClNO3.ClH/c1-2-17-11-4-3-9(7-10(11)13)8-14-6-5-12(15)16;/h3-4,7,14H,2,5-6,8H2,1H3,(H,15,16);1H. The van der Waals surface area contributed by atoms with Crippen molar-refractivity contribution >= 4 is 30.0 Å². The van der Waals surface area contributed by atoms with Crippen LogP contribution in [-0.2, 0) is 11.3 Å². The summed E-state index contributed by atoms with van der Waals surface area (Å²) < 4.78 is 5.32. The van der Waals surface area contributed by atoms with Gasteiger partial charge in [-0.2, -0.15) is 0 Å². The van der Waals surface area contributed by atoms with Gasteiger partial charge in [-0.05, 0) is 24.6 Å². The average molecular weight is 294 g/mol. The van der Waals surface area contributed by atoms with Crippen LogP contribution in [0.2, 0.25) is 5.02 Å². The molecule has 0 bridgehead atoms. The summed E-state index contributed by atoms with van der Waals surface area (Å²) in [4.78, 5) is 10.3. The fourth-order valence-electron chi connectivity index (χ4n) is 1.35. The lowest BCUT2D eigenvalue weighted by molar-refractivity contribution is -0.136. The van der Waals surface area contributed by atoms with Gasteiger partial charge in [0.15, 0.2) is 0 Å². The molecule has 0 saturated heterocycles. The van der Waals surface area contributed by atoms with E-state index in [0.29, 0.717) is 30.5 Å². The normalized spacial score (nSPS) is 9.67. The summed E-state index contributed by atoms with van der Waals surface area (Å²) in [6.45, 7) is 3.52. The Morgan fingerprint density at radius 2 is 2.22 bits per heavy atom. The Bertz CT molecular complexity index is 386. The third-order valence-corrected chi connectivity index (χ3v) is 2.44. The zero-order valence-electron chi connectivity index (χ0n) is 10.1. The second-order valence-corrected chi connectivity index (χ2v) is 3.93. The summed E-state index contributed by atoms with van der Waals surface area (Å²) >= 11 is 6.02. The Hall–Kier alpha value is -0.970. The maximum absolute atomic E-state index is 10.3. The van der Waals surface area contributed by atoms with Crippen molar-refractivity contribution in [1.82, 2.24) is 5.32 Å². The van der Waals surface area contributed by atoms with Crippen LogP contribution in [-0.4, -0.2) is 24.2 Å². The van der Waals surface area contributed by atoms with E-state index in [1.165, 1.54) is 0 Å². The number of nitrogens with one attached hydrogen (secondary N) is 1. The molecule has 1 aromatic rings. The lowest BCUT2D eigenvalue weighted by Crippen LogP contribution is -2.17. The number of benzene rings is 1. The number of halogens is 2. The highest BCUT2D eigenvalue weighted by Crippen LogP contribution is 2.25. The van der Waals surface area contributed by atoms with Crippen molar-refractivity contribution in [2.24, 2.45) is 0 Å². The molecule has 0 unspecified atom stereocenters. The smallest absolute Gasteiger partial charge is 0.304 e. The van der Waals surface area contributed by atoms with Gasteiger partial charge in [-0.15, -0.1) is 12.4 Å². The van der Waals surface area contributed by atoms with Gasteiger partial charge in [-0.3, -0.25) is 4.79 Å². The molecule has 0 aliphatic heterocycles. The van der Waals surface area contributed by atoms with E-state index >= 15 is 0 Å². The third-order valence-electron chi connectivity index (χ3n) is 2.14. The summed E-state index contributed by atoms with van der Waals surface area (Å²) in [5, 5.41) is 12.1. The highest BCUT2D eigenvalue weighted by molar-refractivity contribution is 6.32. The molecule has 0 spiro atoms. The zero-order chi connectivity index (χ0) is 12.7. The summed E-state index contributed by atoms with van der Waals surface area (Å²) in [5.74, 6) is -0.134. The second-order valence-electron chi connectivity index (χ2n) is 3.52. The average Bonchev–Trinajstić information content (AvgIpc) is 2.28. The molecule has 0 heterocycles. The molecule has 6 heteroatoms. The molecule has 0 radical (unpaired) electrons. The number of hydrogen-bond acceptors (Lipinski definition) is 3. The van der Waals surface area contributed by atoms with Crippen LogP contribution in [0.3, 0.4) is 0 Å². The fourth-order valence-corrected chi connectivity index (χ4v) is 1.61. The molecule has 0 aromatic heterocycles. The summed E-state index contributed by atoms with van der Waals surface area (Å²) in [5.41, 5.74) is 1.00. The van der Waals surface area contributed by atoms with Crippen molar-refractivity contribution in [3.63, 3.8) is 0 Å². The molecule has 0 amide bonds.